The molecule has 0 unspecified atom stereocenters. The van der Waals surface area contributed by atoms with Crippen LogP contribution >= 0.6 is 0 Å². The first-order valence-electron chi connectivity index (χ1n) is 10.4. The summed E-state index contributed by atoms with van der Waals surface area (Å²) in [7, 11) is -4.22. The highest BCUT2D eigenvalue weighted by molar-refractivity contribution is 7.89. The van der Waals surface area contributed by atoms with Gasteiger partial charge in [0.05, 0.1) is 27.2 Å². The molecule has 35 heavy (non-hydrogen) atoms. The van der Waals surface area contributed by atoms with Gasteiger partial charge in [-0.05, 0) is 42.8 Å². The number of benzene rings is 3. The number of anilines is 1. The van der Waals surface area contributed by atoms with Gasteiger partial charge in [-0.15, -0.1) is 0 Å². The lowest BCUT2D eigenvalue weighted by Crippen LogP contribution is -2.48. The quantitative estimate of drug-likeness (QED) is 0.228. The third kappa shape index (κ3) is 6.18. The van der Waals surface area contributed by atoms with Crippen molar-refractivity contribution >= 4 is 44.0 Å². The predicted molar refractivity (Wildman–Crippen MR) is 127 cm³/mol. The first-order chi connectivity index (χ1) is 16.5. The van der Waals surface area contributed by atoms with Crippen LogP contribution in [-0.4, -0.2) is 49.1 Å². The number of rotatable bonds is 9. The molecule has 11 nitrogen and oxygen atoms in total. The average molecular weight is 502 g/mol. The number of hydrogen-bond acceptors (Lipinski definition) is 8. The van der Waals surface area contributed by atoms with E-state index in [2.05, 4.69) is 10.0 Å². The van der Waals surface area contributed by atoms with Crippen molar-refractivity contribution in [1.29, 1.82) is 0 Å². The number of nitrogens with one attached hydrogen (secondary N) is 2. The number of esters is 1. The van der Waals surface area contributed by atoms with Crippen LogP contribution in [0, 0.1) is 17.0 Å². The maximum Gasteiger partial charge on any atom is 0.327 e. The van der Waals surface area contributed by atoms with E-state index in [-0.39, 0.29) is 21.8 Å². The number of aliphatic hydroxyl groups is 1. The summed E-state index contributed by atoms with van der Waals surface area (Å²) in [6, 6.07) is 13.9. The molecule has 3 N–H and O–H groups in total. The first kappa shape index (κ1) is 25.7. The maximum atomic E-state index is 12.8. The van der Waals surface area contributed by atoms with Crippen molar-refractivity contribution in [3.8, 4) is 0 Å². The summed E-state index contributed by atoms with van der Waals surface area (Å²) >= 11 is 0. The van der Waals surface area contributed by atoms with Crippen LogP contribution < -0.4 is 10.0 Å². The molecular formula is C23H23N3O8S. The molecule has 0 bridgehead atoms. The fourth-order valence-electron chi connectivity index (χ4n) is 3.28. The molecule has 0 aliphatic carbocycles. The number of sulfonamides is 1. The Balaban J connectivity index is 1.68. The SMILES string of the molecule is Cc1c(NC(=O)COC(=O)[C@H](NS(=O)(=O)c2ccc3ccccc3c2)[C@@H](C)O)cccc1[N+](=O)[O-]. The molecule has 0 aliphatic heterocycles. The number of aliphatic hydroxyl groups excluding tert-OH is 1. The second-order valence-electron chi connectivity index (χ2n) is 7.71. The summed E-state index contributed by atoms with van der Waals surface area (Å²) in [4.78, 5) is 35.0. The molecule has 0 spiro atoms. The number of carbonyl (C=O) groups is 2. The van der Waals surface area contributed by atoms with Crippen LogP contribution in [0.1, 0.15) is 12.5 Å². The van der Waals surface area contributed by atoms with Crippen LogP contribution in [0.25, 0.3) is 10.8 Å². The number of amides is 1. The Bertz CT molecular complexity index is 1390. The number of fused-ring (bicyclic) bond motifs is 1. The molecule has 184 valence electrons. The Morgan fingerprint density at radius 3 is 2.43 bits per heavy atom. The highest BCUT2D eigenvalue weighted by Crippen LogP contribution is 2.25. The van der Waals surface area contributed by atoms with Crippen LogP contribution in [0.2, 0.25) is 0 Å². The number of nitro groups is 1. The van der Waals surface area contributed by atoms with Gasteiger partial charge in [0.15, 0.2) is 6.61 Å². The molecule has 1 amide bonds. The molecule has 0 saturated heterocycles. The molecule has 0 saturated carbocycles. The maximum absolute atomic E-state index is 12.8. The largest absolute Gasteiger partial charge is 0.454 e. The van der Waals surface area contributed by atoms with E-state index < -0.39 is 45.6 Å². The molecule has 0 aromatic heterocycles. The fourth-order valence-corrected chi connectivity index (χ4v) is 4.58. The van der Waals surface area contributed by atoms with E-state index in [0.29, 0.717) is 5.39 Å². The van der Waals surface area contributed by atoms with Crippen molar-refractivity contribution in [2.45, 2.75) is 30.9 Å². The molecule has 12 heteroatoms. The summed E-state index contributed by atoms with van der Waals surface area (Å²) < 4.78 is 32.7. The first-order valence-corrected chi connectivity index (χ1v) is 11.9. The Hall–Kier alpha value is -3.87. The van der Waals surface area contributed by atoms with E-state index in [1.165, 1.54) is 44.2 Å². The average Bonchev–Trinajstić information content (AvgIpc) is 2.81. The number of nitro benzene ring substituents is 1. The van der Waals surface area contributed by atoms with Gasteiger partial charge >= 0.3 is 5.97 Å². The van der Waals surface area contributed by atoms with E-state index >= 15 is 0 Å². The molecule has 0 radical (unpaired) electrons. The monoisotopic (exact) mass is 501 g/mol. The van der Waals surface area contributed by atoms with E-state index in [4.69, 9.17) is 4.74 Å². The second kappa shape index (κ2) is 10.6. The number of ether oxygens (including phenoxy) is 1. The van der Waals surface area contributed by atoms with E-state index in [1.807, 2.05) is 12.1 Å². The van der Waals surface area contributed by atoms with Crippen LogP contribution in [-0.2, 0) is 24.3 Å². The minimum atomic E-state index is -4.22. The van der Waals surface area contributed by atoms with Crippen molar-refractivity contribution in [3.63, 3.8) is 0 Å². The minimum Gasteiger partial charge on any atom is -0.454 e. The zero-order chi connectivity index (χ0) is 25.8. The van der Waals surface area contributed by atoms with Crippen molar-refractivity contribution in [3.05, 3.63) is 76.3 Å². The number of carbonyl (C=O) groups excluding carboxylic acids is 2. The minimum absolute atomic E-state index is 0.117. The molecule has 3 aromatic carbocycles. The van der Waals surface area contributed by atoms with E-state index in [9.17, 15) is 33.2 Å². The van der Waals surface area contributed by atoms with Gasteiger partial charge in [0.2, 0.25) is 10.0 Å². The Labute approximate surface area is 200 Å². The van der Waals surface area contributed by atoms with Crippen LogP contribution in [0.15, 0.2) is 65.6 Å². The van der Waals surface area contributed by atoms with Crippen molar-refractivity contribution in [2.24, 2.45) is 0 Å². The summed E-state index contributed by atoms with van der Waals surface area (Å²) in [6.07, 6.45) is -1.47. The van der Waals surface area contributed by atoms with Gasteiger partial charge in [0, 0.05) is 6.07 Å². The van der Waals surface area contributed by atoms with E-state index in [1.54, 1.807) is 18.2 Å². The normalized spacial score (nSPS) is 13.1. The standard InChI is InChI=1S/C23H23N3O8S/c1-14-19(8-5-9-20(14)26(30)31)24-21(28)13-34-23(29)22(15(2)27)25-35(32,33)18-11-10-16-6-3-4-7-17(16)12-18/h3-12,15,22,25,27H,13H2,1-2H3,(H,24,28)/t15-,22-/m1/s1. The Morgan fingerprint density at radius 1 is 1.09 bits per heavy atom. The molecule has 0 heterocycles. The topological polar surface area (TPSA) is 165 Å². The van der Waals surface area contributed by atoms with Crippen molar-refractivity contribution in [2.75, 3.05) is 11.9 Å². The summed E-state index contributed by atoms with van der Waals surface area (Å²) in [5.74, 6) is -1.97. The molecule has 3 rings (SSSR count). The van der Waals surface area contributed by atoms with Gasteiger partial charge in [0.1, 0.15) is 6.04 Å². The predicted octanol–water partition coefficient (Wildman–Crippen LogP) is 2.27. The van der Waals surface area contributed by atoms with Gasteiger partial charge in [-0.3, -0.25) is 19.7 Å². The smallest absolute Gasteiger partial charge is 0.327 e. The summed E-state index contributed by atoms with van der Waals surface area (Å²) in [5.41, 5.74) is 0.170. The molecule has 0 fully saturated rings. The van der Waals surface area contributed by atoms with Crippen LogP contribution in [0.3, 0.4) is 0 Å². The van der Waals surface area contributed by atoms with Crippen LogP contribution in [0.4, 0.5) is 11.4 Å². The lowest BCUT2D eigenvalue weighted by molar-refractivity contribution is -0.385. The van der Waals surface area contributed by atoms with Gasteiger partial charge < -0.3 is 15.2 Å². The summed E-state index contributed by atoms with van der Waals surface area (Å²) in [5, 5.41) is 24.9. The second-order valence-corrected chi connectivity index (χ2v) is 9.43. The van der Waals surface area contributed by atoms with Gasteiger partial charge in [-0.1, -0.05) is 36.4 Å². The highest BCUT2D eigenvalue weighted by Gasteiger charge is 2.31. The van der Waals surface area contributed by atoms with Gasteiger partial charge in [0.25, 0.3) is 11.6 Å². The zero-order valence-electron chi connectivity index (χ0n) is 18.8. The van der Waals surface area contributed by atoms with Gasteiger partial charge in [-0.25, -0.2) is 8.42 Å². The third-order valence-corrected chi connectivity index (χ3v) is 6.61. The van der Waals surface area contributed by atoms with Gasteiger partial charge in [-0.2, -0.15) is 4.72 Å². The molecular weight excluding hydrogens is 478 g/mol. The Morgan fingerprint density at radius 2 is 1.77 bits per heavy atom. The lowest BCUT2D eigenvalue weighted by atomic mass is 10.1. The Kier molecular flexibility index (Phi) is 7.79. The zero-order valence-corrected chi connectivity index (χ0v) is 19.6. The van der Waals surface area contributed by atoms with Crippen molar-refractivity contribution in [1.82, 2.24) is 4.72 Å². The highest BCUT2D eigenvalue weighted by atomic mass is 32.2. The van der Waals surface area contributed by atoms with E-state index in [0.717, 1.165) is 5.39 Å². The number of nitrogens with zero attached hydrogens (tertiary/aromatic N) is 1. The third-order valence-electron chi connectivity index (χ3n) is 5.17. The van der Waals surface area contributed by atoms with Crippen molar-refractivity contribution < 1.29 is 32.8 Å². The summed E-state index contributed by atoms with van der Waals surface area (Å²) in [6.45, 7) is 1.84. The fraction of sp³-hybridized carbons (Fsp3) is 0.217. The molecule has 0 aliphatic rings. The number of hydrogen-bond donors (Lipinski definition) is 3. The van der Waals surface area contributed by atoms with Crippen LogP contribution in [0.5, 0.6) is 0 Å². The molecule has 3 aromatic rings. The lowest BCUT2D eigenvalue weighted by Gasteiger charge is -2.20. The molecule has 2 atom stereocenters.